The summed E-state index contributed by atoms with van der Waals surface area (Å²) < 4.78 is 14.3. The number of hydrogen-bond acceptors (Lipinski definition) is 0. The first-order chi connectivity index (χ1) is 25.3. The van der Waals surface area contributed by atoms with Crippen LogP contribution in [0.25, 0.3) is 0 Å². The largest absolute Gasteiger partial charge is 0.243 e. The summed E-state index contributed by atoms with van der Waals surface area (Å²) in [5.74, 6) is 0. The van der Waals surface area contributed by atoms with Gasteiger partial charge in [0.1, 0.15) is 37.2 Å². The van der Waals surface area contributed by atoms with Crippen LogP contribution in [0.2, 0.25) is 0 Å². The fourth-order valence-corrected chi connectivity index (χ4v) is 7.56. The van der Waals surface area contributed by atoms with E-state index in [2.05, 4.69) is 97.4 Å². The molecule has 0 atom stereocenters. The first kappa shape index (κ1) is 43.0. The van der Waals surface area contributed by atoms with Gasteiger partial charge in [-0.1, -0.05) is 117 Å². The molecule has 0 bridgehead atoms. The predicted molar refractivity (Wildman–Crippen MR) is 215 cm³/mol. The summed E-state index contributed by atoms with van der Waals surface area (Å²) in [7, 11) is 0. The van der Waals surface area contributed by atoms with Crippen molar-refractivity contribution in [2.24, 2.45) is 0 Å². The molecule has 0 aromatic carbocycles. The fourth-order valence-electron chi connectivity index (χ4n) is 7.56. The maximum absolute atomic E-state index is 2.39. The Morgan fingerprint density at radius 3 is 0.804 bits per heavy atom. The summed E-state index contributed by atoms with van der Waals surface area (Å²) in [5, 5.41) is 0. The van der Waals surface area contributed by atoms with Crippen molar-refractivity contribution in [3.63, 3.8) is 0 Å². The molecule has 6 nitrogen and oxygen atoms in total. The zero-order valence-corrected chi connectivity index (χ0v) is 33.9. The van der Waals surface area contributed by atoms with Crippen molar-refractivity contribution >= 4 is 0 Å². The van der Waals surface area contributed by atoms with E-state index in [-0.39, 0.29) is 0 Å². The van der Waals surface area contributed by atoms with Gasteiger partial charge in [0.15, 0.2) is 0 Å². The summed E-state index contributed by atoms with van der Waals surface area (Å²) in [4.78, 5) is 0. The molecule has 0 saturated carbocycles. The average Bonchev–Trinajstić information content (AvgIpc) is 3.91. The molecule has 0 amide bonds. The van der Waals surface area contributed by atoms with Gasteiger partial charge in [-0.25, -0.2) is 27.4 Å². The minimum Gasteiger partial charge on any atom is -0.237 e. The minimum atomic E-state index is 1.14. The van der Waals surface area contributed by atoms with Crippen LogP contribution < -0.4 is 13.7 Å². The van der Waals surface area contributed by atoms with Crippen LogP contribution in [-0.2, 0) is 39.3 Å². The Bertz CT molecular complexity index is 1090. The molecule has 0 saturated heterocycles. The van der Waals surface area contributed by atoms with Crippen molar-refractivity contribution in [3.8, 4) is 0 Å². The number of unbranched alkanes of at least 4 members (excludes halogenated alkanes) is 24. The van der Waals surface area contributed by atoms with E-state index in [4.69, 9.17) is 0 Å². The van der Waals surface area contributed by atoms with E-state index in [1.54, 1.807) is 0 Å². The van der Waals surface area contributed by atoms with Crippen molar-refractivity contribution in [1.29, 1.82) is 0 Å². The average molecular weight is 708 g/mol. The second kappa shape index (κ2) is 30.1. The van der Waals surface area contributed by atoms with Gasteiger partial charge in [0, 0.05) is 0 Å². The maximum atomic E-state index is 2.39. The van der Waals surface area contributed by atoms with Gasteiger partial charge in [-0.05, 0) is 77.0 Å². The van der Waals surface area contributed by atoms with E-state index >= 15 is 0 Å². The van der Waals surface area contributed by atoms with Crippen molar-refractivity contribution in [2.45, 2.75) is 233 Å². The molecule has 0 N–H and O–H groups in total. The Kier molecular flexibility index (Phi) is 25.4. The molecular formula is C45H83N6+3. The monoisotopic (exact) mass is 708 g/mol. The number of aryl methyl sites for hydroxylation is 6. The number of imidazole rings is 3. The molecule has 6 heteroatoms. The molecule has 0 fully saturated rings. The van der Waals surface area contributed by atoms with Crippen LogP contribution in [0.15, 0.2) is 56.2 Å². The predicted octanol–water partition coefficient (Wildman–Crippen LogP) is 11.3. The van der Waals surface area contributed by atoms with Crippen LogP contribution in [0.1, 0.15) is 194 Å². The first-order valence-corrected chi connectivity index (χ1v) is 22.4. The van der Waals surface area contributed by atoms with Crippen molar-refractivity contribution in [2.75, 3.05) is 0 Å². The van der Waals surface area contributed by atoms with Crippen LogP contribution in [0, 0.1) is 0 Å². The molecule has 51 heavy (non-hydrogen) atoms. The molecular weight excluding hydrogens is 625 g/mol. The third kappa shape index (κ3) is 22.3. The third-order valence-electron chi connectivity index (χ3n) is 10.9. The van der Waals surface area contributed by atoms with E-state index in [1.165, 1.54) is 193 Å². The molecule has 0 spiro atoms. The lowest BCUT2D eigenvalue weighted by Gasteiger charge is -2.01. The summed E-state index contributed by atoms with van der Waals surface area (Å²) in [6.07, 6.45) is 59.1. The first-order valence-electron chi connectivity index (χ1n) is 22.4. The van der Waals surface area contributed by atoms with Gasteiger partial charge >= 0.3 is 0 Å². The Labute approximate surface area is 315 Å². The second-order valence-electron chi connectivity index (χ2n) is 15.9. The van der Waals surface area contributed by atoms with Crippen molar-refractivity contribution in [1.82, 2.24) is 13.7 Å². The van der Waals surface area contributed by atoms with E-state index in [9.17, 15) is 0 Å². The third-order valence-corrected chi connectivity index (χ3v) is 10.9. The molecule has 3 aromatic rings. The van der Waals surface area contributed by atoms with Crippen molar-refractivity contribution < 1.29 is 13.7 Å². The van der Waals surface area contributed by atoms with Gasteiger partial charge in [-0.2, -0.15) is 0 Å². The van der Waals surface area contributed by atoms with E-state index in [0.717, 1.165) is 26.2 Å². The van der Waals surface area contributed by atoms with E-state index in [0.29, 0.717) is 0 Å². The van der Waals surface area contributed by atoms with Gasteiger partial charge in [0.25, 0.3) is 0 Å². The van der Waals surface area contributed by atoms with Gasteiger partial charge in [-0.15, -0.1) is 0 Å². The highest BCUT2D eigenvalue weighted by Crippen LogP contribution is 2.12. The molecule has 0 aliphatic carbocycles. The standard InChI is InChI=1S/C45H83N6/c1-3-5-7-9-11-13-15-17-19-25-31-46-37-39-48(43-46)33-27-21-23-29-35-50-41-42-51(45-50)36-30-24-22-28-34-49-40-38-47(44-49)32-26-20-18-16-14-12-10-8-6-4-2/h37-45H,3-36H2,1-2H3/q+3. The SMILES string of the molecule is CCCCCCCCCCCC[n+]1ccn(CCCCCCn2cc[n+](CCCCCCn3cc[n+](CCCCCCCCCCCC)c3)c2)c1. The van der Waals surface area contributed by atoms with Gasteiger partial charge in [0.05, 0.1) is 39.3 Å². The lowest BCUT2D eigenvalue weighted by atomic mass is 10.1. The van der Waals surface area contributed by atoms with Gasteiger partial charge < -0.3 is 0 Å². The van der Waals surface area contributed by atoms with Crippen LogP contribution in [0.3, 0.4) is 0 Å². The summed E-state index contributed by atoms with van der Waals surface area (Å²) in [6, 6.07) is 0. The zero-order valence-electron chi connectivity index (χ0n) is 33.9. The summed E-state index contributed by atoms with van der Waals surface area (Å²) in [6.45, 7) is 11.5. The number of nitrogens with zero attached hydrogens (tertiary/aromatic N) is 6. The van der Waals surface area contributed by atoms with E-state index in [1.807, 2.05) is 0 Å². The Morgan fingerprint density at radius 1 is 0.294 bits per heavy atom. The quantitative estimate of drug-likeness (QED) is 0.0425. The van der Waals surface area contributed by atoms with Crippen LogP contribution in [0.4, 0.5) is 0 Å². The number of aromatic nitrogens is 6. The van der Waals surface area contributed by atoms with Gasteiger partial charge in [-0.3, -0.25) is 0 Å². The molecule has 290 valence electrons. The lowest BCUT2D eigenvalue weighted by molar-refractivity contribution is -0.697. The van der Waals surface area contributed by atoms with Crippen molar-refractivity contribution in [3.05, 3.63) is 56.2 Å². The maximum Gasteiger partial charge on any atom is 0.243 e. The normalized spacial score (nSPS) is 11.6. The number of rotatable bonds is 36. The molecule has 3 heterocycles. The highest BCUT2D eigenvalue weighted by molar-refractivity contribution is 4.68. The Morgan fingerprint density at radius 2 is 0.529 bits per heavy atom. The second-order valence-corrected chi connectivity index (χ2v) is 15.9. The fraction of sp³-hybridized carbons (Fsp3) is 0.800. The lowest BCUT2D eigenvalue weighted by Crippen LogP contribution is -2.31. The summed E-state index contributed by atoms with van der Waals surface area (Å²) >= 11 is 0. The molecule has 0 radical (unpaired) electrons. The molecule has 3 aromatic heterocycles. The highest BCUT2D eigenvalue weighted by atomic mass is 15.1. The highest BCUT2D eigenvalue weighted by Gasteiger charge is 2.07. The van der Waals surface area contributed by atoms with Crippen LogP contribution in [0.5, 0.6) is 0 Å². The topological polar surface area (TPSA) is 26.4 Å². The van der Waals surface area contributed by atoms with Crippen LogP contribution >= 0.6 is 0 Å². The smallest absolute Gasteiger partial charge is 0.237 e. The molecule has 0 unspecified atom stereocenters. The van der Waals surface area contributed by atoms with Gasteiger partial charge in [0.2, 0.25) is 19.0 Å². The Balaban J connectivity index is 1.09. The van der Waals surface area contributed by atoms with Crippen LogP contribution in [-0.4, -0.2) is 13.7 Å². The number of hydrogen-bond donors (Lipinski definition) is 0. The summed E-state index contributed by atoms with van der Waals surface area (Å²) in [5.41, 5.74) is 0. The molecule has 0 aliphatic rings. The Hall–Kier alpha value is -2.37. The molecule has 3 rings (SSSR count). The zero-order chi connectivity index (χ0) is 35.9. The minimum absolute atomic E-state index is 1.14. The van der Waals surface area contributed by atoms with E-state index < -0.39 is 0 Å². The molecule has 0 aliphatic heterocycles.